The number of para-hydroxylation sites is 1. The van der Waals surface area contributed by atoms with Crippen molar-refractivity contribution in [3.8, 4) is 5.75 Å². The Hall–Kier alpha value is -2.40. The smallest absolute Gasteiger partial charge is 0.187 e. The van der Waals surface area contributed by atoms with Gasteiger partial charge in [0.1, 0.15) is 12.4 Å². The zero-order valence-electron chi connectivity index (χ0n) is 14.9. The van der Waals surface area contributed by atoms with Crippen LogP contribution in [0.25, 0.3) is 0 Å². The van der Waals surface area contributed by atoms with Crippen LogP contribution in [0.15, 0.2) is 59.7 Å². The Morgan fingerprint density at radius 2 is 1.77 bits per heavy atom. The van der Waals surface area contributed by atoms with Crippen LogP contribution in [0.4, 0.5) is 0 Å². The predicted octanol–water partition coefficient (Wildman–Crippen LogP) is 4.40. The molecule has 1 aliphatic carbocycles. The van der Waals surface area contributed by atoms with Gasteiger partial charge in [0.05, 0.1) is 6.21 Å². The average molecular weight is 368 g/mol. The number of hydrogen-bond acceptors (Lipinski definition) is 3. The maximum atomic E-state index is 5.93. The van der Waals surface area contributed by atoms with E-state index in [1.807, 2.05) is 54.6 Å². The van der Waals surface area contributed by atoms with Crippen molar-refractivity contribution in [2.75, 3.05) is 0 Å². The van der Waals surface area contributed by atoms with E-state index in [1.54, 1.807) is 6.21 Å². The first kappa shape index (κ1) is 18.4. The van der Waals surface area contributed by atoms with E-state index < -0.39 is 0 Å². The number of nitrogens with zero attached hydrogens (tertiary/aromatic N) is 1. The van der Waals surface area contributed by atoms with Crippen LogP contribution in [0.2, 0.25) is 0 Å². The number of thiocarbonyl (C=S) groups is 1. The third kappa shape index (κ3) is 5.85. The molecule has 2 N–H and O–H groups in total. The van der Waals surface area contributed by atoms with Crippen molar-refractivity contribution in [3.05, 3.63) is 65.7 Å². The fourth-order valence-corrected chi connectivity index (χ4v) is 3.30. The van der Waals surface area contributed by atoms with Gasteiger partial charge in [-0.3, -0.25) is 5.43 Å². The summed E-state index contributed by atoms with van der Waals surface area (Å²) in [6.45, 7) is 0.529. The minimum atomic E-state index is 0.473. The molecule has 0 saturated heterocycles. The van der Waals surface area contributed by atoms with Crippen molar-refractivity contribution < 1.29 is 4.74 Å². The van der Waals surface area contributed by atoms with E-state index >= 15 is 0 Å². The summed E-state index contributed by atoms with van der Waals surface area (Å²) in [5.74, 6) is 0.799. The summed E-state index contributed by atoms with van der Waals surface area (Å²) >= 11 is 5.33. The highest BCUT2D eigenvalue weighted by Gasteiger charge is 2.13. The van der Waals surface area contributed by atoms with E-state index in [1.165, 1.54) is 32.1 Å². The fourth-order valence-electron chi connectivity index (χ4n) is 3.08. The molecule has 0 heterocycles. The van der Waals surface area contributed by atoms with Crippen LogP contribution in [0.1, 0.15) is 43.2 Å². The molecular formula is C21H25N3OS. The Kier molecular flexibility index (Phi) is 7.02. The molecule has 0 aromatic heterocycles. The van der Waals surface area contributed by atoms with Gasteiger partial charge in [0.15, 0.2) is 5.11 Å². The molecule has 0 bridgehead atoms. The normalized spacial score (nSPS) is 14.9. The summed E-state index contributed by atoms with van der Waals surface area (Å²) in [5.41, 5.74) is 4.96. The molecule has 0 spiro atoms. The molecule has 26 heavy (non-hydrogen) atoms. The van der Waals surface area contributed by atoms with Gasteiger partial charge < -0.3 is 10.1 Å². The molecule has 2 aromatic carbocycles. The molecule has 2 aromatic rings. The summed E-state index contributed by atoms with van der Waals surface area (Å²) < 4.78 is 5.93. The van der Waals surface area contributed by atoms with Crippen molar-refractivity contribution >= 4 is 23.5 Å². The Labute approximate surface area is 160 Å². The van der Waals surface area contributed by atoms with Gasteiger partial charge in [-0.2, -0.15) is 5.10 Å². The number of hydrazone groups is 1. The average Bonchev–Trinajstić information content (AvgIpc) is 2.69. The molecule has 0 aliphatic heterocycles. The van der Waals surface area contributed by atoms with E-state index in [2.05, 4.69) is 15.8 Å². The molecule has 1 fully saturated rings. The zero-order valence-corrected chi connectivity index (χ0v) is 15.7. The predicted molar refractivity (Wildman–Crippen MR) is 111 cm³/mol. The van der Waals surface area contributed by atoms with Gasteiger partial charge in [-0.15, -0.1) is 0 Å². The van der Waals surface area contributed by atoms with Crippen molar-refractivity contribution in [1.29, 1.82) is 0 Å². The SMILES string of the molecule is S=C(NN=Cc1ccccc1OCc1ccccc1)NC1CCCCC1. The Morgan fingerprint density at radius 1 is 1.04 bits per heavy atom. The summed E-state index contributed by atoms with van der Waals surface area (Å²) in [5, 5.41) is 8.19. The molecule has 0 atom stereocenters. The summed E-state index contributed by atoms with van der Waals surface area (Å²) in [4.78, 5) is 0. The van der Waals surface area contributed by atoms with E-state index in [0.29, 0.717) is 17.8 Å². The second-order valence-corrected chi connectivity index (χ2v) is 6.90. The van der Waals surface area contributed by atoms with Gasteiger partial charge in [0.25, 0.3) is 0 Å². The molecule has 3 rings (SSSR count). The van der Waals surface area contributed by atoms with Gasteiger partial charge in [-0.25, -0.2) is 0 Å². The second kappa shape index (κ2) is 9.92. The summed E-state index contributed by atoms with van der Waals surface area (Å²) in [7, 11) is 0. The van der Waals surface area contributed by atoms with Gasteiger partial charge >= 0.3 is 0 Å². The first-order valence-corrected chi connectivity index (χ1v) is 9.57. The monoisotopic (exact) mass is 367 g/mol. The Morgan fingerprint density at radius 3 is 2.58 bits per heavy atom. The zero-order chi connectivity index (χ0) is 18.0. The molecule has 0 amide bonds. The summed E-state index contributed by atoms with van der Waals surface area (Å²) in [6, 6.07) is 18.4. The third-order valence-corrected chi connectivity index (χ3v) is 4.68. The lowest BCUT2D eigenvalue weighted by atomic mass is 9.96. The maximum Gasteiger partial charge on any atom is 0.187 e. The minimum absolute atomic E-state index is 0.473. The molecule has 0 radical (unpaired) electrons. The molecule has 136 valence electrons. The molecule has 0 unspecified atom stereocenters. The number of ether oxygens (including phenoxy) is 1. The van der Waals surface area contributed by atoms with E-state index in [4.69, 9.17) is 17.0 Å². The quantitative estimate of drug-likeness (QED) is 0.451. The van der Waals surface area contributed by atoms with Crippen molar-refractivity contribution in [1.82, 2.24) is 10.7 Å². The standard InChI is InChI=1S/C21H25N3OS/c26-21(23-19-12-5-2-6-13-19)24-22-15-18-11-7-8-14-20(18)25-16-17-9-3-1-4-10-17/h1,3-4,7-11,14-15,19H,2,5-6,12-13,16H2,(H2,23,24,26). The molecule has 1 saturated carbocycles. The van der Waals surface area contributed by atoms with Crippen molar-refractivity contribution in [2.24, 2.45) is 5.10 Å². The summed E-state index contributed by atoms with van der Waals surface area (Å²) in [6.07, 6.45) is 7.99. The van der Waals surface area contributed by atoms with E-state index in [9.17, 15) is 0 Å². The van der Waals surface area contributed by atoms with Crippen LogP contribution in [0, 0.1) is 0 Å². The van der Waals surface area contributed by atoms with Crippen molar-refractivity contribution in [3.63, 3.8) is 0 Å². The van der Waals surface area contributed by atoms with Crippen LogP contribution in [0.3, 0.4) is 0 Å². The lowest BCUT2D eigenvalue weighted by molar-refractivity contribution is 0.306. The van der Waals surface area contributed by atoms with Crippen LogP contribution < -0.4 is 15.5 Å². The van der Waals surface area contributed by atoms with Crippen LogP contribution in [-0.4, -0.2) is 17.4 Å². The number of benzene rings is 2. The lowest BCUT2D eigenvalue weighted by Crippen LogP contribution is -2.40. The van der Waals surface area contributed by atoms with Gasteiger partial charge in [0.2, 0.25) is 0 Å². The minimum Gasteiger partial charge on any atom is -0.488 e. The molecule has 1 aliphatic rings. The third-order valence-electron chi connectivity index (χ3n) is 4.47. The highest BCUT2D eigenvalue weighted by molar-refractivity contribution is 7.80. The lowest BCUT2D eigenvalue weighted by Gasteiger charge is -2.23. The van der Waals surface area contributed by atoms with Gasteiger partial charge in [0, 0.05) is 11.6 Å². The number of rotatable bonds is 6. The number of hydrogen-bond donors (Lipinski definition) is 2. The van der Waals surface area contributed by atoms with Crippen LogP contribution >= 0.6 is 12.2 Å². The van der Waals surface area contributed by atoms with E-state index in [-0.39, 0.29) is 0 Å². The van der Waals surface area contributed by atoms with Gasteiger partial charge in [-0.05, 0) is 42.8 Å². The Balaban J connectivity index is 1.52. The highest BCUT2D eigenvalue weighted by Crippen LogP contribution is 2.18. The Bertz CT molecular complexity index is 727. The topological polar surface area (TPSA) is 45.7 Å². The van der Waals surface area contributed by atoms with Crippen LogP contribution in [-0.2, 0) is 6.61 Å². The largest absolute Gasteiger partial charge is 0.488 e. The molecular weight excluding hydrogens is 342 g/mol. The first-order chi connectivity index (χ1) is 12.8. The van der Waals surface area contributed by atoms with Crippen molar-refractivity contribution in [2.45, 2.75) is 44.8 Å². The maximum absolute atomic E-state index is 5.93. The first-order valence-electron chi connectivity index (χ1n) is 9.16. The second-order valence-electron chi connectivity index (χ2n) is 6.49. The van der Waals surface area contributed by atoms with E-state index in [0.717, 1.165) is 16.9 Å². The highest BCUT2D eigenvalue weighted by atomic mass is 32.1. The number of nitrogens with one attached hydrogen (secondary N) is 2. The van der Waals surface area contributed by atoms with Gasteiger partial charge in [-0.1, -0.05) is 61.7 Å². The van der Waals surface area contributed by atoms with Crippen LogP contribution in [0.5, 0.6) is 5.75 Å². The molecule has 4 nitrogen and oxygen atoms in total. The molecule has 5 heteroatoms. The fraction of sp³-hybridized carbons (Fsp3) is 0.333.